The SMILES string of the molecule is CC(NC(=O)CCCC(=O)N(C)C)C(O)c1ccc(Cl)cc1. The fourth-order valence-electron chi connectivity index (χ4n) is 1.98. The van der Waals surface area contributed by atoms with E-state index in [-0.39, 0.29) is 18.2 Å². The van der Waals surface area contributed by atoms with Crippen molar-refractivity contribution in [3.63, 3.8) is 0 Å². The van der Waals surface area contributed by atoms with E-state index in [2.05, 4.69) is 5.32 Å². The third kappa shape index (κ3) is 6.03. The summed E-state index contributed by atoms with van der Waals surface area (Å²) in [4.78, 5) is 24.7. The van der Waals surface area contributed by atoms with Crippen LogP contribution in [0.5, 0.6) is 0 Å². The van der Waals surface area contributed by atoms with Crippen molar-refractivity contribution in [1.82, 2.24) is 10.2 Å². The van der Waals surface area contributed by atoms with Crippen molar-refractivity contribution in [3.05, 3.63) is 34.9 Å². The van der Waals surface area contributed by atoms with E-state index in [0.717, 1.165) is 0 Å². The summed E-state index contributed by atoms with van der Waals surface area (Å²) < 4.78 is 0. The van der Waals surface area contributed by atoms with Gasteiger partial charge in [-0.15, -0.1) is 0 Å². The highest BCUT2D eigenvalue weighted by Gasteiger charge is 2.18. The summed E-state index contributed by atoms with van der Waals surface area (Å²) in [6.07, 6.45) is 0.294. The highest BCUT2D eigenvalue weighted by molar-refractivity contribution is 6.30. The first-order valence-electron chi connectivity index (χ1n) is 7.24. The Morgan fingerprint density at radius 1 is 1.23 bits per heavy atom. The summed E-state index contributed by atoms with van der Waals surface area (Å²) in [7, 11) is 3.37. The number of rotatable bonds is 7. The first-order valence-corrected chi connectivity index (χ1v) is 7.62. The smallest absolute Gasteiger partial charge is 0.222 e. The molecular formula is C16H23ClN2O3. The van der Waals surface area contributed by atoms with E-state index in [1.165, 1.54) is 4.90 Å². The zero-order chi connectivity index (χ0) is 16.7. The van der Waals surface area contributed by atoms with Gasteiger partial charge in [-0.05, 0) is 31.0 Å². The van der Waals surface area contributed by atoms with Crippen LogP contribution >= 0.6 is 11.6 Å². The Morgan fingerprint density at radius 3 is 2.36 bits per heavy atom. The van der Waals surface area contributed by atoms with Crippen LogP contribution in [0.25, 0.3) is 0 Å². The summed E-state index contributed by atoms with van der Waals surface area (Å²) in [5.41, 5.74) is 0.694. The molecule has 22 heavy (non-hydrogen) atoms. The van der Waals surface area contributed by atoms with Crippen molar-refractivity contribution in [2.24, 2.45) is 0 Å². The zero-order valence-corrected chi connectivity index (χ0v) is 13.9. The molecule has 0 saturated heterocycles. The number of benzene rings is 1. The van der Waals surface area contributed by atoms with Crippen LogP contribution in [0.2, 0.25) is 5.02 Å². The number of hydrogen-bond acceptors (Lipinski definition) is 3. The van der Waals surface area contributed by atoms with E-state index in [9.17, 15) is 14.7 Å². The van der Waals surface area contributed by atoms with Crippen LogP contribution in [-0.2, 0) is 9.59 Å². The fraction of sp³-hybridized carbons (Fsp3) is 0.500. The molecule has 1 aromatic rings. The molecule has 122 valence electrons. The van der Waals surface area contributed by atoms with Crippen molar-refractivity contribution in [1.29, 1.82) is 0 Å². The quantitative estimate of drug-likeness (QED) is 0.806. The normalized spacial score (nSPS) is 13.3. The van der Waals surface area contributed by atoms with E-state index in [1.807, 2.05) is 0 Å². The molecule has 1 rings (SSSR count). The Kier molecular flexibility index (Phi) is 7.35. The van der Waals surface area contributed by atoms with Crippen LogP contribution in [0.15, 0.2) is 24.3 Å². The molecule has 2 unspecified atom stereocenters. The molecule has 0 saturated carbocycles. The molecule has 2 atom stereocenters. The summed E-state index contributed by atoms with van der Waals surface area (Å²) >= 11 is 5.80. The molecule has 0 fully saturated rings. The molecule has 0 bridgehead atoms. The van der Waals surface area contributed by atoms with Crippen LogP contribution in [0.3, 0.4) is 0 Å². The van der Waals surface area contributed by atoms with E-state index >= 15 is 0 Å². The fourth-order valence-corrected chi connectivity index (χ4v) is 2.10. The molecule has 2 amide bonds. The van der Waals surface area contributed by atoms with Crippen molar-refractivity contribution < 1.29 is 14.7 Å². The molecule has 0 heterocycles. The van der Waals surface area contributed by atoms with Crippen LogP contribution in [0, 0.1) is 0 Å². The molecule has 0 spiro atoms. The second kappa shape index (κ2) is 8.76. The van der Waals surface area contributed by atoms with Gasteiger partial charge in [-0.3, -0.25) is 9.59 Å². The minimum absolute atomic E-state index is 0.00190. The topological polar surface area (TPSA) is 69.6 Å². The first-order chi connectivity index (χ1) is 10.3. The van der Waals surface area contributed by atoms with Crippen molar-refractivity contribution in [3.8, 4) is 0 Å². The lowest BCUT2D eigenvalue weighted by atomic mass is 10.0. The second-order valence-electron chi connectivity index (χ2n) is 5.49. The average molecular weight is 327 g/mol. The number of hydrogen-bond donors (Lipinski definition) is 2. The minimum Gasteiger partial charge on any atom is -0.386 e. The van der Waals surface area contributed by atoms with Crippen molar-refractivity contribution in [2.45, 2.75) is 38.3 Å². The Morgan fingerprint density at radius 2 is 1.82 bits per heavy atom. The molecule has 0 radical (unpaired) electrons. The average Bonchev–Trinajstić information content (AvgIpc) is 2.46. The molecule has 6 heteroatoms. The lowest BCUT2D eigenvalue weighted by Gasteiger charge is -2.20. The number of nitrogens with zero attached hydrogens (tertiary/aromatic N) is 1. The standard InChI is InChI=1S/C16H23ClN2O3/c1-11(16(22)12-7-9-13(17)10-8-12)18-14(20)5-4-6-15(21)19(2)3/h7-11,16,22H,4-6H2,1-3H3,(H,18,20). The monoisotopic (exact) mass is 326 g/mol. The van der Waals surface area contributed by atoms with E-state index < -0.39 is 12.1 Å². The van der Waals surface area contributed by atoms with Gasteiger partial charge in [-0.25, -0.2) is 0 Å². The molecule has 0 aliphatic heterocycles. The summed E-state index contributed by atoms with van der Waals surface area (Å²) in [5, 5.41) is 13.5. The first kappa shape index (κ1) is 18.5. The van der Waals surface area contributed by atoms with E-state index in [0.29, 0.717) is 23.4 Å². The predicted molar refractivity (Wildman–Crippen MR) is 86.6 cm³/mol. The van der Waals surface area contributed by atoms with E-state index in [1.54, 1.807) is 45.3 Å². The molecule has 2 N–H and O–H groups in total. The van der Waals surface area contributed by atoms with Crippen LogP contribution in [-0.4, -0.2) is 42.0 Å². The Bertz CT molecular complexity index is 503. The van der Waals surface area contributed by atoms with Gasteiger partial charge < -0.3 is 15.3 Å². The highest BCUT2D eigenvalue weighted by atomic mass is 35.5. The lowest BCUT2D eigenvalue weighted by molar-refractivity contribution is -0.129. The number of nitrogens with one attached hydrogen (secondary N) is 1. The third-order valence-electron chi connectivity index (χ3n) is 3.37. The maximum absolute atomic E-state index is 11.8. The summed E-state index contributed by atoms with van der Waals surface area (Å²) in [6.45, 7) is 1.74. The summed E-state index contributed by atoms with van der Waals surface area (Å²) in [6, 6.07) is 6.43. The van der Waals surface area contributed by atoms with Crippen LogP contribution in [0.4, 0.5) is 0 Å². The third-order valence-corrected chi connectivity index (χ3v) is 3.62. The number of carbonyl (C=O) groups excluding carboxylic acids is 2. The second-order valence-corrected chi connectivity index (χ2v) is 5.93. The van der Waals surface area contributed by atoms with Crippen LogP contribution in [0.1, 0.15) is 37.9 Å². The zero-order valence-electron chi connectivity index (χ0n) is 13.2. The number of amides is 2. The number of aliphatic hydroxyl groups excluding tert-OH is 1. The number of halogens is 1. The van der Waals surface area contributed by atoms with Gasteiger partial charge in [0.2, 0.25) is 11.8 Å². The van der Waals surface area contributed by atoms with Gasteiger partial charge in [0.15, 0.2) is 0 Å². The van der Waals surface area contributed by atoms with Crippen LogP contribution < -0.4 is 5.32 Å². The predicted octanol–water partition coefficient (Wildman–Crippen LogP) is 2.14. The summed E-state index contributed by atoms with van der Waals surface area (Å²) in [5.74, 6) is -0.172. The maximum atomic E-state index is 11.8. The largest absolute Gasteiger partial charge is 0.386 e. The molecular weight excluding hydrogens is 304 g/mol. The Labute approximate surface area is 136 Å². The van der Waals surface area contributed by atoms with Gasteiger partial charge in [0.1, 0.15) is 0 Å². The van der Waals surface area contributed by atoms with Gasteiger partial charge in [-0.2, -0.15) is 0 Å². The lowest BCUT2D eigenvalue weighted by Crippen LogP contribution is -2.37. The van der Waals surface area contributed by atoms with Crippen molar-refractivity contribution >= 4 is 23.4 Å². The highest BCUT2D eigenvalue weighted by Crippen LogP contribution is 2.19. The van der Waals surface area contributed by atoms with Gasteiger partial charge >= 0.3 is 0 Å². The molecule has 0 aromatic heterocycles. The van der Waals surface area contributed by atoms with E-state index in [4.69, 9.17) is 11.6 Å². The minimum atomic E-state index is -0.801. The Balaban J connectivity index is 2.40. The van der Waals surface area contributed by atoms with Gasteiger partial charge in [0, 0.05) is 32.0 Å². The van der Waals surface area contributed by atoms with Gasteiger partial charge in [-0.1, -0.05) is 23.7 Å². The van der Waals surface area contributed by atoms with Crippen molar-refractivity contribution in [2.75, 3.05) is 14.1 Å². The molecule has 0 aliphatic rings. The number of aliphatic hydroxyl groups is 1. The number of carbonyl (C=O) groups is 2. The van der Waals surface area contributed by atoms with Gasteiger partial charge in [0.05, 0.1) is 12.1 Å². The Hall–Kier alpha value is -1.59. The molecule has 5 nitrogen and oxygen atoms in total. The molecule has 0 aliphatic carbocycles. The maximum Gasteiger partial charge on any atom is 0.222 e. The molecule has 1 aromatic carbocycles. The van der Waals surface area contributed by atoms with Gasteiger partial charge in [0.25, 0.3) is 0 Å².